The summed E-state index contributed by atoms with van der Waals surface area (Å²) in [5, 5.41) is 4.96. The largest absolute Gasteiger partial charge is 0.449 e. The van der Waals surface area contributed by atoms with Crippen LogP contribution < -0.4 is 15.2 Å². The molecule has 3 aromatic carbocycles. The van der Waals surface area contributed by atoms with Crippen LogP contribution >= 0.6 is 11.6 Å². The van der Waals surface area contributed by atoms with E-state index in [1.165, 1.54) is 16.8 Å². The first-order valence-electron chi connectivity index (χ1n) is 12.2. The first-order valence-corrected chi connectivity index (χ1v) is 12.6. The van der Waals surface area contributed by atoms with Crippen molar-refractivity contribution in [3.8, 4) is 28.3 Å². The average Bonchev–Trinajstić information content (AvgIpc) is 2.91. The van der Waals surface area contributed by atoms with Gasteiger partial charge in [0.15, 0.2) is 0 Å². The summed E-state index contributed by atoms with van der Waals surface area (Å²) in [6.45, 7) is 5.59. The third-order valence-corrected chi connectivity index (χ3v) is 6.88. The number of carbonyl (C=O) groups excluding carboxylic acids is 1. The molecule has 0 N–H and O–H groups in total. The fourth-order valence-electron chi connectivity index (χ4n) is 4.55. The molecule has 1 aromatic heterocycles. The summed E-state index contributed by atoms with van der Waals surface area (Å²) in [6, 6.07) is 18.8. The van der Waals surface area contributed by atoms with E-state index in [0.29, 0.717) is 48.3 Å². The maximum Gasteiger partial charge on any atom is 0.316 e. The van der Waals surface area contributed by atoms with Gasteiger partial charge in [0.25, 0.3) is 0 Å². The molecule has 1 saturated heterocycles. The summed E-state index contributed by atoms with van der Waals surface area (Å²) in [6.07, 6.45) is 1.62. The van der Waals surface area contributed by atoms with E-state index < -0.39 is 5.56 Å². The molecular formula is C29H26ClFN4O3. The molecule has 9 heteroatoms. The van der Waals surface area contributed by atoms with Gasteiger partial charge >= 0.3 is 5.56 Å². The Kier molecular flexibility index (Phi) is 7.15. The number of nitrogens with zero attached hydrogens (tertiary/aromatic N) is 4. The standard InChI is InChI=1S/C29H26ClFN4O3/c1-19-17-23(31)7-12-26(19)21-3-10-25(11-4-21)38-28-27(34-15-13-33(14-16-34)20(2)36)18-32-35(29(28)37)24-8-5-22(30)6-9-24/h3-12,17-18H,13-16H2,1-2H3. The summed E-state index contributed by atoms with van der Waals surface area (Å²) in [7, 11) is 0. The molecule has 0 bridgehead atoms. The van der Waals surface area contributed by atoms with Crippen molar-refractivity contribution < 1.29 is 13.9 Å². The lowest BCUT2D eigenvalue weighted by molar-refractivity contribution is -0.129. The molecule has 0 radical (unpaired) electrons. The van der Waals surface area contributed by atoms with Gasteiger partial charge in [-0.3, -0.25) is 9.59 Å². The van der Waals surface area contributed by atoms with Gasteiger partial charge in [0.05, 0.1) is 11.9 Å². The number of ether oxygens (including phenoxy) is 1. The number of carbonyl (C=O) groups is 1. The number of rotatable bonds is 5. The van der Waals surface area contributed by atoms with Gasteiger partial charge < -0.3 is 14.5 Å². The SMILES string of the molecule is CC(=O)N1CCN(c2cnn(-c3ccc(Cl)cc3)c(=O)c2Oc2ccc(-c3ccc(F)cc3C)cc2)CC1. The summed E-state index contributed by atoms with van der Waals surface area (Å²) in [5.74, 6) is 0.353. The minimum Gasteiger partial charge on any atom is -0.449 e. The highest BCUT2D eigenvalue weighted by Gasteiger charge is 2.25. The second-order valence-electron chi connectivity index (χ2n) is 9.13. The minimum atomic E-state index is -0.419. The van der Waals surface area contributed by atoms with Crippen LogP contribution in [0, 0.1) is 12.7 Å². The Balaban J connectivity index is 1.50. The van der Waals surface area contributed by atoms with E-state index in [0.717, 1.165) is 16.7 Å². The van der Waals surface area contributed by atoms with Crippen molar-refractivity contribution >= 4 is 23.2 Å². The Morgan fingerprint density at radius 2 is 1.66 bits per heavy atom. The highest BCUT2D eigenvalue weighted by Crippen LogP contribution is 2.32. The second-order valence-corrected chi connectivity index (χ2v) is 9.57. The van der Waals surface area contributed by atoms with E-state index in [2.05, 4.69) is 5.10 Å². The van der Waals surface area contributed by atoms with Gasteiger partial charge in [-0.25, -0.2) is 4.39 Å². The lowest BCUT2D eigenvalue weighted by Crippen LogP contribution is -2.48. The molecule has 7 nitrogen and oxygen atoms in total. The Bertz CT molecular complexity index is 1530. The van der Waals surface area contributed by atoms with Crippen LogP contribution in [0.5, 0.6) is 11.5 Å². The highest BCUT2D eigenvalue weighted by molar-refractivity contribution is 6.30. The molecule has 1 amide bonds. The van der Waals surface area contributed by atoms with Crippen molar-refractivity contribution in [3.05, 3.63) is 99.7 Å². The molecule has 4 aromatic rings. The van der Waals surface area contributed by atoms with Crippen LogP contribution in [0.2, 0.25) is 5.02 Å². The van der Waals surface area contributed by atoms with Crippen molar-refractivity contribution in [2.45, 2.75) is 13.8 Å². The average molecular weight is 533 g/mol. The zero-order chi connectivity index (χ0) is 26.8. The van der Waals surface area contributed by atoms with Gasteiger partial charge in [-0.2, -0.15) is 9.78 Å². The number of aromatic nitrogens is 2. The van der Waals surface area contributed by atoms with Crippen LogP contribution in [-0.2, 0) is 4.79 Å². The maximum absolute atomic E-state index is 13.7. The van der Waals surface area contributed by atoms with Crippen molar-refractivity contribution in [2.75, 3.05) is 31.1 Å². The lowest BCUT2D eigenvalue weighted by Gasteiger charge is -2.35. The fraction of sp³-hybridized carbons (Fsp3) is 0.207. The summed E-state index contributed by atoms with van der Waals surface area (Å²) in [5.41, 5.74) is 3.34. The van der Waals surface area contributed by atoms with Crippen molar-refractivity contribution in [1.29, 1.82) is 0 Å². The number of hydrogen-bond donors (Lipinski definition) is 0. The smallest absolute Gasteiger partial charge is 0.316 e. The number of benzene rings is 3. The van der Waals surface area contributed by atoms with E-state index in [1.54, 1.807) is 60.5 Å². The van der Waals surface area contributed by atoms with Gasteiger partial charge in [-0.15, -0.1) is 0 Å². The molecule has 194 valence electrons. The third-order valence-electron chi connectivity index (χ3n) is 6.63. The van der Waals surface area contributed by atoms with E-state index in [-0.39, 0.29) is 17.5 Å². The van der Waals surface area contributed by atoms with Crippen molar-refractivity contribution in [2.24, 2.45) is 0 Å². The van der Waals surface area contributed by atoms with E-state index >= 15 is 0 Å². The molecular weight excluding hydrogens is 507 g/mol. The zero-order valence-corrected chi connectivity index (χ0v) is 21.8. The maximum atomic E-state index is 13.7. The number of aryl methyl sites for hydroxylation is 1. The number of hydrogen-bond acceptors (Lipinski definition) is 5. The topological polar surface area (TPSA) is 67.7 Å². The molecule has 0 saturated carbocycles. The highest BCUT2D eigenvalue weighted by atomic mass is 35.5. The lowest BCUT2D eigenvalue weighted by atomic mass is 10.0. The first kappa shape index (κ1) is 25.5. The molecule has 38 heavy (non-hydrogen) atoms. The third kappa shape index (κ3) is 5.26. The number of halogens is 2. The Hall–Kier alpha value is -4.17. The molecule has 0 unspecified atom stereocenters. The predicted octanol–water partition coefficient (Wildman–Crippen LogP) is 5.46. The summed E-state index contributed by atoms with van der Waals surface area (Å²) in [4.78, 5) is 29.2. The van der Waals surface area contributed by atoms with Crippen LogP contribution in [0.3, 0.4) is 0 Å². The predicted molar refractivity (Wildman–Crippen MR) is 146 cm³/mol. The Labute approximate surface area is 224 Å². The van der Waals surface area contributed by atoms with Gasteiger partial charge in [-0.05, 0) is 72.1 Å². The molecule has 1 aliphatic heterocycles. The molecule has 0 atom stereocenters. The van der Waals surface area contributed by atoms with Crippen LogP contribution in [0.4, 0.5) is 10.1 Å². The van der Waals surface area contributed by atoms with E-state index in [1.807, 2.05) is 24.0 Å². The number of amides is 1. The van der Waals surface area contributed by atoms with Crippen molar-refractivity contribution in [1.82, 2.24) is 14.7 Å². The van der Waals surface area contributed by atoms with E-state index in [4.69, 9.17) is 16.3 Å². The van der Waals surface area contributed by atoms with Gasteiger partial charge in [0.2, 0.25) is 11.7 Å². The summed E-state index contributed by atoms with van der Waals surface area (Å²) >= 11 is 6.03. The minimum absolute atomic E-state index is 0.0221. The van der Waals surface area contributed by atoms with Crippen molar-refractivity contribution in [3.63, 3.8) is 0 Å². The normalized spacial score (nSPS) is 13.5. The number of anilines is 1. The van der Waals surface area contributed by atoms with Crippen LogP contribution in [0.25, 0.3) is 16.8 Å². The summed E-state index contributed by atoms with van der Waals surface area (Å²) < 4.78 is 21.0. The van der Waals surface area contributed by atoms with Gasteiger partial charge in [-0.1, -0.05) is 29.8 Å². The molecule has 2 heterocycles. The Morgan fingerprint density at radius 1 is 0.974 bits per heavy atom. The quantitative estimate of drug-likeness (QED) is 0.341. The monoisotopic (exact) mass is 532 g/mol. The van der Waals surface area contributed by atoms with Gasteiger partial charge in [0.1, 0.15) is 17.3 Å². The van der Waals surface area contributed by atoms with Gasteiger partial charge in [0, 0.05) is 38.1 Å². The van der Waals surface area contributed by atoms with E-state index in [9.17, 15) is 14.0 Å². The second kappa shape index (κ2) is 10.7. The van der Waals surface area contributed by atoms with Crippen LogP contribution in [0.15, 0.2) is 77.7 Å². The Morgan fingerprint density at radius 3 is 2.29 bits per heavy atom. The van der Waals surface area contributed by atoms with Crippen LogP contribution in [-0.4, -0.2) is 46.8 Å². The molecule has 1 aliphatic rings. The number of piperazine rings is 1. The molecule has 0 spiro atoms. The molecule has 0 aliphatic carbocycles. The van der Waals surface area contributed by atoms with Crippen LogP contribution in [0.1, 0.15) is 12.5 Å². The molecule has 1 fully saturated rings. The zero-order valence-electron chi connectivity index (χ0n) is 21.0. The molecule has 5 rings (SSSR count). The fourth-order valence-corrected chi connectivity index (χ4v) is 4.68. The first-order chi connectivity index (χ1) is 18.3.